The highest BCUT2D eigenvalue weighted by Gasteiger charge is 2.29. The molecule has 1 rings (SSSR count). The smallest absolute Gasteiger partial charge is 0.239 e. The quantitative estimate of drug-likeness (QED) is 0.628. The zero-order valence-electron chi connectivity index (χ0n) is 9.38. The monoisotopic (exact) mass is 213 g/mol. The lowest BCUT2D eigenvalue weighted by molar-refractivity contribution is -0.140. The molecule has 0 saturated carbocycles. The van der Waals surface area contributed by atoms with Crippen LogP contribution in [0.1, 0.15) is 13.8 Å². The van der Waals surface area contributed by atoms with Gasteiger partial charge in [0.05, 0.1) is 12.5 Å². The second-order valence-corrected chi connectivity index (χ2v) is 3.66. The average Bonchev–Trinajstić information content (AvgIpc) is 2.11. The summed E-state index contributed by atoms with van der Waals surface area (Å²) in [4.78, 5) is 24.7. The molecule has 86 valence electrons. The fraction of sp³-hybridized carbons (Fsp3) is 0.800. The molecule has 5 nitrogen and oxygen atoms in total. The summed E-state index contributed by atoms with van der Waals surface area (Å²) in [6.07, 6.45) is 0. The lowest BCUT2D eigenvalue weighted by atomic mass is 10.0. The number of hydrogen-bond acceptors (Lipinski definition) is 3. The van der Waals surface area contributed by atoms with Gasteiger partial charge in [0.25, 0.3) is 0 Å². The van der Waals surface area contributed by atoms with Gasteiger partial charge in [0.1, 0.15) is 0 Å². The van der Waals surface area contributed by atoms with Gasteiger partial charge in [-0.25, -0.2) is 0 Å². The molecule has 0 aliphatic carbocycles. The summed E-state index contributed by atoms with van der Waals surface area (Å²) >= 11 is 0. The van der Waals surface area contributed by atoms with E-state index in [1.807, 2.05) is 13.8 Å². The number of likely N-dealkylation sites (N-methyl/N-ethyl adjacent to an activating group) is 2. The van der Waals surface area contributed by atoms with Gasteiger partial charge < -0.3 is 15.5 Å². The third kappa shape index (κ3) is 3.20. The number of hydrogen-bond donors (Lipinski definition) is 2. The molecule has 1 saturated heterocycles. The Morgan fingerprint density at radius 2 is 2.07 bits per heavy atom. The predicted octanol–water partition coefficient (Wildman–Crippen LogP) is -0.810. The average molecular weight is 213 g/mol. The Bertz CT molecular complexity index is 239. The van der Waals surface area contributed by atoms with Crippen LogP contribution in [-0.2, 0) is 9.59 Å². The predicted molar refractivity (Wildman–Crippen MR) is 57.3 cm³/mol. The van der Waals surface area contributed by atoms with Crippen molar-refractivity contribution < 1.29 is 9.59 Å². The van der Waals surface area contributed by atoms with Gasteiger partial charge in [-0.3, -0.25) is 9.59 Å². The van der Waals surface area contributed by atoms with Crippen LogP contribution in [0.5, 0.6) is 0 Å². The van der Waals surface area contributed by atoms with Crippen LogP contribution in [0.4, 0.5) is 0 Å². The molecule has 0 atom stereocenters. The van der Waals surface area contributed by atoms with E-state index in [1.54, 1.807) is 4.90 Å². The van der Waals surface area contributed by atoms with Crippen LogP contribution in [0.15, 0.2) is 0 Å². The molecule has 5 heteroatoms. The van der Waals surface area contributed by atoms with Crippen molar-refractivity contribution >= 4 is 11.8 Å². The van der Waals surface area contributed by atoms with Gasteiger partial charge in [0, 0.05) is 26.2 Å². The van der Waals surface area contributed by atoms with E-state index < -0.39 is 0 Å². The van der Waals surface area contributed by atoms with Gasteiger partial charge in [-0.1, -0.05) is 0 Å². The van der Waals surface area contributed by atoms with Crippen LogP contribution < -0.4 is 10.6 Å². The van der Waals surface area contributed by atoms with Crippen LogP contribution in [0.25, 0.3) is 0 Å². The van der Waals surface area contributed by atoms with Gasteiger partial charge in [-0.15, -0.1) is 0 Å². The van der Waals surface area contributed by atoms with Crippen LogP contribution >= 0.6 is 0 Å². The number of carbonyl (C=O) groups is 2. The Morgan fingerprint density at radius 1 is 1.40 bits per heavy atom. The molecule has 1 fully saturated rings. The van der Waals surface area contributed by atoms with E-state index in [9.17, 15) is 9.59 Å². The van der Waals surface area contributed by atoms with Crippen molar-refractivity contribution in [3.63, 3.8) is 0 Å². The first kappa shape index (κ1) is 12.0. The highest BCUT2D eigenvalue weighted by Crippen LogP contribution is 2.07. The second-order valence-electron chi connectivity index (χ2n) is 3.66. The van der Waals surface area contributed by atoms with E-state index in [0.717, 1.165) is 13.1 Å². The molecule has 0 unspecified atom stereocenters. The molecule has 1 aliphatic rings. The summed E-state index contributed by atoms with van der Waals surface area (Å²) in [5.74, 6) is 0.0712. The first-order valence-corrected chi connectivity index (χ1v) is 5.45. The molecule has 0 radical (unpaired) electrons. The zero-order valence-corrected chi connectivity index (χ0v) is 9.38. The van der Waals surface area contributed by atoms with Crippen molar-refractivity contribution in [2.45, 2.75) is 13.8 Å². The summed E-state index contributed by atoms with van der Waals surface area (Å²) in [6, 6.07) is 0. The largest absolute Gasteiger partial charge is 0.355 e. The van der Waals surface area contributed by atoms with Gasteiger partial charge in [0.15, 0.2) is 0 Å². The molecule has 1 aliphatic heterocycles. The maximum Gasteiger partial charge on any atom is 0.239 e. The highest BCUT2D eigenvalue weighted by molar-refractivity contribution is 5.86. The van der Waals surface area contributed by atoms with E-state index in [2.05, 4.69) is 10.6 Å². The number of amides is 2. The van der Waals surface area contributed by atoms with E-state index in [4.69, 9.17) is 0 Å². The minimum atomic E-state index is -0.0833. The maximum atomic E-state index is 11.8. The molecule has 0 aromatic rings. The Balaban J connectivity index is 2.40. The Morgan fingerprint density at radius 3 is 2.47 bits per heavy atom. The van der Waals surface area contributed by atoms with E-state index in [0.29, 0.717) is 13.1 Å². The Labute approximate surface area is 90.2 Å². The normalized spacial score (nSPS) is 15.6. The molecule has 2 amide bonds. The molecular weight excluding hydrogens is 194 g/mol. The zero-order chi connectivity index (χ0) is 11.3. The summed E-state index contributed by atoms with van der Waals surface area (Å²) < 4.78 is 0. The maximum absolute atomic E-state index is 11.8. The Kier molecular flexibility index (Phi) is 4.55. The molecule has 0 aromatic heterocycles. The van der Waals surface area contributed by atoms with Crippen molar-refractivity contribution in [2.75, 3.05) is 32.7 Å². The minimum absolute atomic E-state index is 0.0689. The molecule has 15 heavy (non-hydrogen) atoms. The molecule has 0 spiro atoms. The highest BCUT2D eigenvalue weighted by atomic mass is 16.2. The van der Waals surface area contributed by atoms with E-state index >= 15 is 0 Å². The first-order chi connectivity index (χ1) is 7.19. The van der Waals surface area contributed by atoms with Gasteiger partial charge in [0.2, 0.25) is 11.8 Å². The summed E-state index contributed by atoms with van der Waals surface area (Å²) in [6.45, 7) is 6.62. The van der Waals surface area contributed by atoms with Gasteiger partial charge in [-0.05, 0) is 13.8 Å². The Hall–Kier alpha value is -1.10. The third-order valence-corrected chi connectivity index (χ3v) is 2.53. The van der Waals surface area contributed by atoms with Crippen molar-refractivity contribution in [1.29, 1.82) is 0 Å². The number of carbonyl (C=O) groups excluding carboxylic acids is 2. The molecule has 1 heterocycles. The molecule has 0 bridgehead atoms. The van der Waals surface area contributed by atoms with Gasteiger partial charge >= 0.3 is 0 Å². The summed E-state index contributed by atoms with van der Waals surface area (Å²) in [5.41, 5.74) is 0. The topological polar surface area (TPSA) is 61.4 Å². The van der Waals surface area contributed by atoms with Crippen LogP contribution in [-0.4, -0.2) is 49.4 Å². The van der Waals surface area contributed by atoms with Crippen molar-refractivity contribution in [3.8, 4) is 0 Å². The number of nitrogens with one attached hydrogen (secondary N) is 2. The first-order valence-electron chi connectivity index (χ1n) is 5.45. The lowest BCUT2D eigenvalue weighted by Gasteiger charge is -2.31. The van der Waals surface area contributed by atoms with Crippen LogP contribution in [0.2, 0.25) is 0 Å². The lowest BCUT2D eigenvalue weighted by Crippen LogP contribution is -2.53. The third-order valence-electron chi connectivity index (χ3n) is 2.53. The standard InChI is InChI=1S/C10H19N3O2/c1-3-12-9(14)7-13(4-2)10(15)8-5-11-6-8/h8,11H,3-7H2,1-2H3,(H,12,14). The van der Waals surface area contributed by atoms with Crippen molar-refractivity contribution in [1.82, 2.24) is 15.5 Å². The summed E-state index contributed by atoms with van der Waals surface area (Å²) in [7, 11) is 0. The second kappa shape index (κ2) is 5.70. The fourth-order valence-electron chi connectivity index (χ4n) is 1.49. The minimum Gasteiger partial charge on any atom is -0.355 e. The van der Waals surface area contributed by atoms with Crippen molar-refractivity contribution in [2.24, 2.45) is 5.92 Å². The number of nitrogens with zero attached hydrogens (tertiary/aromatic N) is 1. The molecular formula is C10H19N3O2. The SMILES string of the molecule is CCNC(=O)CN(CC)C(=O)C1CNC1. The van der Waals surface area contributed by atoms with Crippen LogP contribution in [0, 0.1) is 5.92 Å². The van der Waals surface area contributed by atoms with Gasteiger partial charge in [-0.2, -0.15) is 0 Å². The summed E-state index contributed by atoms with van der Waals surface area (Å²) in [5, 5.41) is 5.74. The van der Waals surface area contributed by atoms with Crippen molar-refractivity contribution in [3.05, 3.63) is 0 Å². The van der Waals surface area contributed by atoms with E-state index in [1.165, 1.54) is 0 Å². The van der Waals surface area contributed by atoms with Crippen LogP contribution in [0.3, 0.4) is 0 Å². The molecule has 0 aromatic carbocycles. The number of rotatable bonds is 5. The fourth-order valence-corrected chi connectivity index (χ4v) is 1.49. The molecule has 2 N–H and O–H groups in total. The van der Waals surface area contributed by atoms with E-state index in [-0.39, 0.29) is 24.3 Å².